The Kier molecular flexibility index (Phi) is 5.95. The van der Waals surface area contributed by atoms with E-state index in [4.69, 9.17) is 11.6 Å². The minimum atomic E-state index is -1.40. The molecule has 0 spiro atoms. The number of aliphatic hydroxyl groups is 1. The van der Waals surface area contributed by atoms with Gasteiger partial charge in [0.15, 0.2) is 0 Å². The largest absolute Gasteiger partial charge is 0.598 e. The van der Waals surface area contributed by atoms with E-state index in [-0.39, 0.29) is 12.8 Å². The van der Waals surface area contributed by atoms with Crippen molar-refractivity contribution in [1.29, 1.82) is 0 Å². The molecule has 0 aliphatic heterocycles. The summed E-state index contributed by atoms with van der Waals surface area (Å²) in [7, 11) is 0. The van der Waals surface area contributed by atoms with E-state index < -0.39 is 33.9 Å². The van der Waals surface area contributed by atoms with Crippen LogP contribution in [-0.4, -0.2) is 31.2 Å². The van der Waals surface area contributed by atoms with Crippen LogP contribution in [0, 0.1) is 0 Å². The predicted octanol–water partition coefficient (Wildman–Crippen LogP) is 3.47. The number of alkyl halides is 1. The average Bonchev–Trinajstić information content (AvgIpc) is 2.46. The van der Waals surface area contributed by atoms with Crippen LogP contribution in [0.3, 0.4) is 0 Å². The highest BCUT2D eigenvalue weighted by atomic mass is 35.5. The Balaban J connectivity index is 2.31. The first kappa shape index (κ1) is 18.9. The zero-order valence-corrected chi connectivity index (χ0v) is 15.3. The Morgan fingerprint density at radius 3 is 2.61 bits per heavy atom. The van der Waals surface area contributed by atoms with Crippen molar-refractivity contribution in [1.82, 2.24) is 9.71 Å². The van der Waals surface area contributed by atoms with Crippen molar-refractivity contribution in [3.8, 4) is 0 Å². The molecule has 1 aromatic rings. The third kappa shape index (κ3) is 4.79. The quantitative estimate of drug-likeness (QED) is 0.805. The number of halogens is 2. The van der Waals surface area contributed by atoms with Gasteiger partial charge in [0.2, 0.25) is 0 Å². The number of pyridine rings is 1. The van der Waals surface area contributed by atoms with Crippen molar-refractivity contribution in [3.63, 3.8) is 0 Å². The summed E-state index contributed by atoms with van der Waals surface area (Å²) < 4.78 is 28.5. The molecule has 0 saturated heterocycles. The Morgan fingerprint density at radius 2 is 2.09 bits per heavy atom. The first-order chi connectivity index (χ1) is 10.6. The topological polar surface area (TPSA) is 68.2 Å². The van der Waals surface area contributed by atoms with Gasteiger partial charge in [-0.15, -0.1) is 4.72 Å². The Morgan fingerprint density at radius 1 is 1.48 bits per heavy atom. The molecule has 2 rings (SSSR count). The maximum Gasteiger partial charge on any atom is 0.136 e. The lowest BCUT2D eigenvalue weighted by Gasteiger charge is -2.40. The van der Waals surface area contributed by atoms with Crippen LogP contribution >= 0.6 is 11.6 Å². The highest BCUT2D eigenvalue weighted by molar-refractivity contribution is 7.90. The monoisotopic (exact) mass is 362 g/mol. The predicted molar refractivity (Wildman–Crippen MR) is 91.3 cm³/mol. The molecule has 1 unspecified atom stereocenters. The Hall–Kier alpha value is -0.400. The maximum atomic E-state index is 13.5. The van der Waals surface area contributed by atoms with Crippen LogP contribution in [0.5, 0.6) is 0 Å². The van der Waals surface area contributed by atoms with Gasteiger partial charge in [0, 0.05) is 22.6 Å². The lowest BCUT2D eigenvalue weighted by molar-refractivity contribution is -0.0418. The number of nitrogens with zero attached hydrogens (tertiary/aromatic N) is 1. The van der Waals surface area contributed by atoms with Crippen molar-refractivity contribution in [2.24, 2.45) is 0 Å². The summed E-state index contributed by atoms with van der Waals surface area (Å²) in [6.07, 6.45) is 1.82. The molecule has 1 heterocycles. The van der Waals surface area contributed by atoms with Crippen LogP contribution in [0.4, 0.5) is 4.39 Å². The third-order valence-corrected chi connectivity index (χ3v) is 5.94. The van der Waals surface area contributed by atoms with Crippen molar-refractivity contribution >= 4 is 23.0 Å². The molecule has 4 nitrogen and oxygen atoms in total. The third-order valence-electron chi connectivity index (χ3n) is 4.14. The lowest BCUT2D eigenvalue weighted by Crippen LogP contribution is -2.52. The number of hydrogen-bond donors (Lipinski definition) is 2. The summed E-state index contributed by atoms with van der Waals surface area (Å²) in [5.74, 6) is 0. The van der Waals surface area contributed by atoms with Gasteiger partial charge in [-0.05, 0) is 58.6 Å². The average molecular weight is 363 g/mol. The van der Waals surface area contributed by atoms with Crippen molar-refractivity contribution in [2.45, 2.75) is 69.0 Å². The summed E-state index contributed by atoms with van der Waals surface area (Å²) in [5, 5.41) is 11.6. The Bertz CT molecular complexity index is 533. The normalized spacial score (nSPS) is 28.4. The lowest BCUT2D eigenvalue weighted by atomic mass is 9.78. The van der Waals surface area contributed by atoms with Crippen LogP contribution in [0.25, 0.3) is 0 Å². The summed E-state index contributed by atoms with van der Waals surface area (Å²) in [6, 6.07) is 2.64. The first-order valence-corrected chi connectivity index (χ1v) is 9.30. The van der Waals surface area contributed by atoms with Gasteiger partial charge in [-0.3, -0.25) is 4.98 Å². The van der Waals surface area contributed by atoms with E-state index >= 15 is 0 Å². The number of hydrogen-bond acceptors (Lipinski definition) is 4. The second-order valence-corrected chi connectivity index (χ2v) is 9.54. The molecule has 23 heavy (non-hydrogen) atoms. The number of nitrogens with one attached hydrogen (secondary N) is 1. The summed E-state index contributed by atoms with van der Waals surface area (Å²) in [5.41, 5.74) is -0.670. The van der Waals surface area contributed by atoms with Crippen LogP contribution in [-0.2, 0) is 11.4 Å². The van der Waals surface area contributed by atoms with Crippen molar-refractivity contribution < 1.29 is 14.0 Å². The van der Waals surface area contributed by atoms with E-state index in [1.807, 2.05) is 20.8 Å². The number of aromatic nitrogens is 1. The van der Waals surface area contributed by atoms with Gasteiger partial charge in [0.1, 0.15) is 17.0 Å². The van der Waals surface area contributed by atoms with Crippen LogP contribution < -0.4 is 4.72 Å². The summed E-state index contributed by atoms with van der Waals surface area (Å²) in [4.78, 5) is 4.28. The SMILES string of the molecule is CC(C)(C)[S@+]([O-])NC(c1cc(Cl)ccn1)[C@]1(O)CC[C@@H](F)CC1. The standard InChI is InChI=1S/C16H24ClFN2O2S/c1-15(2,3)23(22)20-14(13-10-11(17)6-9-19-13)16(21)7-4-12(18)5-8-16/h6,9-10,12,14,20-21H,4-5,7-8H2,1-3H3/t12-,14?,16+,23-/m0/s1. The van der Waals surface area contributed by atoms with Gasteiger partial charge in [0.25, 0.3) is 0 Å². The smallest absolute Gasteiger partial charge is 0.136 e. The van der Waals surface area contributed by atoms with Crippen molar-refractivity contribution in [2.75, 3.05) is 0 Å². The zero-order chi connectivity index (χ0) is 17.3. The minimum Gasteiger partial charge on any atom is -0.598 e. The molecule has 2 N–H and O–H groups in total. The molecule has 2 atom stereocenters. The molecule has 1 fully saturated rings. The van der Waals surface area contributed by atoms with Gasteiger partial charge < -0.3 is 9.66 Å². The maximum absolute atomic E-state index is 13.5. The number of rotatable bonds is 4. The molecular formula is C16H24ClFN2O2S. The molecule has 1 saturated carbocycles. The van der Waals surface area contributed by atoms with Gasteiger partial charge >= 0.3 is 0 Å². The van der Waals surface area contributed by atoms with Crippen LogP contribution in [0.1, 0.15) is 58.2 Å². The fourth-order valence-electron chi connectivity index (χ4n) is 2.68. The molecule has 130 valence electrons. The van der Waals surface area contributed by atoms with Gasteiger partial charge in [0.05, 0.1) is 11.3 Å². The fourth-order valence-corrected chi connectivity index (χ4v) is 3.76. The molecule has 0 bridgehead atoms. The fraction of sp³-hybridized carbons (Fsp3) is 0.688. The van der Waals surface area contributed by atoms with Crippen LogP contribution in [0.2, 0.25) is 5.02 Å². The molecule has 0 aromatic carbocycles. The minimum absolute atomic E-state index is 0.289. The summed E-state index contributed by atoms with van der Waals surface area (Å²) >= 11 is 4.64. The highest BCUT2D eigenvalue weighted by Gasteiger charge is 2.45. The van der Waals surface area contributed by atoms with Gasteiger partial charge in [-0.1, -0.05) is 11.6 Å². The van der Waals surface area contributed by atoms with E-state index in [9.17, 15) is 14.0 Å². The van der Waals surface area contributed by atoms with Crippen LogP contribution in [0.15, 0.2) is 18.3 Å². The molecule has 1 aliphatic carbocycles. The van der Waals surface area contributed by atoms with E-state index in [2.05, 4.69) is 9.71 Å². The molecule has 7 heteroatoms. The second kappa shape index (κ2) is 7.23. The molecule has 0 amide bonds. The molecule has 1 aromatic heterocycles. The second-order valence-electron chi connectivity index (χ2n) is 7.11. The summed E-state index contributed by atoms with van der Waals surface area (Å²) in [6.45, 7) is 5.54. The van der Waals surface area contributed by atoms with Gasteiger partial charge in [-0.25, -0.2) is 4.39 Å². The highest BCUT2D eigenvalue weighted by Crippen LogP contribution is 2.40. The molecule has 0 radical (unpaired) electrons. The molecular weight excluding hydrogens is 339 g/mol. The van der Waals surface area contributed by atoms with E-state index in [1.54, 1.807) is 18.3 Å². The Labute approximate surface area is 145 Å². The van der Waals surface area contributed by atoms with E-state index in [0.29, 0.717) is 23.6 Å². The van der Waals surface area contributed by atoms with E-state index in [1.165, 1.54) is 0 Å². The van der Waals surface area contributed by atoms with Gasteiger partial charge in [-0.2, -0.15) is 0 Å². The zero-order valence-electron chi connectivity index (χ0n) is 13.7. The van der Waals surface area contributed by atoms with E-state index in [0.717, 1.165) is 0 Å². The van der Waals surface area contributed by atoms with Crippen molar-refractivity contribution in [3.05, 3.63) is 29.0 Å². The molecule has 1 aliphatic rings. The first-order valence-electron chi connectivity index (χ1n) is 7.78.